The molecule has 4 nitrogen and oxygen atoms in total. The minimum absolute atomic E-state index is 0.143. The zero-order valence-electron chi connectivity index (χ0n) is 11.1. The van der Waals surface area contributed by atoms with Crippen LogP contribution in [-0.4, -0.2) is 17.1 Å². The van der Waals surface area contributed by atoms with E-state index in [0.717, 1.165) is 0 Å². The molecule has 0 aliphatic rings. The lowest BCUT2D eigenvalue weighted by Crippen LogP contribution is -2.01. The van der Waals surface area contributed by atoms with Crippen LogP contribution in [-0.2, 0) is 0 Å². The zero-order chi connectivity index (χ0) is 13.8. The minimum atomic E-state index is -0.359. The predicted molar refractivity (Wildman–Crippen MR) is 69.1 cm³/mol. The maximum atomic E-state index is 13.1. The van der Waals surface area contributed by atoms with Crippen molar-refractivity contribution in [3.8, 4) is 17.5 Å². The third kappa shape index (κ3) is 3.40. The van der Waals surface area contributed by atoms with Crippen LogP contribution in [0.15, 0.2) is 30.3 Å². The summed E-state index contributed by atoms with van der Waals surface area (Å²) in [5, 5.41) is 0. The van der Waals surface area contributed by atoms with Crippen LogP contribution in [0.5, 0.6) is 17.5 Å². The minimum Gasteiger partial charge on any atom is -0.481 e. The Balaban J connectivity index is 2.31. The summed E-state index contributed by atoms with van der Waals surface area (Å²) in [5.74, 6) is 1.54. The number of halogens is 1. The second-order valence-corrected chi connectivity index (χ2v) is 4.32. The number of aromatic nitrogens is 2. The number of benzene rings is 1. The molecule has 0 aliphatic carbocycles. The van der Waals surface area contributed by atoms with Gasteiger partial charge in [0, 0.05) is 12.0 Å². The molecule has 2 rings (SSSR count). The smallest absolute Gasteiger partial charge is 0.226 e. The topological polar surface area (TPSA) is 44.2 Å². The lowest BCUT2D eigenvalue weighted by molar-refractivity contribution is 0.383. The SMILES string of the molecule is COc1cc(Oc2cccc(F)c2)nc(C(C)C)n1. The largest absolute Gasteiger partial charge is 0.481 e. The highest BCUT2D eigenvalue weighted by Crippen LogP contribution is 2.24. The number of nitrogens with zero attached hydrogens (tertiary/aromatic N) is 2. The molecule has 19 heavy (non-hydrogen) atoms. The molecular weight excluding hydrogens is 247 g/mol. The molecule has 0 aliphatic heterocycles. The highest BCUT2D eigenvalue weighted by Gasteiger charge is 2.10. The van der Waals surface area contributed by atoms with Crippen LogP contribution in [0, 0.1) is 5.82 Å². The molecule has 0 bridgehead atoms. The molecule has 100 valence electrons. The van der Waals surface area contributed by atoms with Gasteiger partial charge in [-0.05, 0) is 12.1 Å². The Kier molecular flexibility index (Phi) is 3.94. The maximum Gasteiger partial charge on any atom is 0.226 e. The van der Waals surface area contributed by atoms with Crippen molar-refractivity contribution >= 4 is 0 Å². The quantitative estimate of drug-likeness (QED) is 0.845. The fourth-order valence-corrected chi connectivity index (χ4v) is 1.49. The predicted octanol–water partition coefficient (Wildman–Crippen LogP) is 3.54. The summed E-state index contributed by atoms with van der Waals surface area (Å²) in [6.07, 6.45) is 0. The molecule has 0 N–H and O–H groups in total. The average Bonchev–Trinajstić information content (AvgIpc) is 2.38. The first-order chi connectivity index (χ1) is 9.08. The van der Waals surface area contributed by atoms with Crippen molar-refractivity contribution < 1.29 is 13.9 Å². The molecule has 1 aromatic heterocycles. The number of hydrogen-bond donors (Lipinski definition) is 0. The van der Waals surface area contributed by atoms with Crippen molar-refractivity contribution in [3.05, 3.63) is 42.0 Å². The summed E-state index contributed by atoms with van der Waals surface area (Å²) in [7, 11) is 1.53. The van der Waals surface area contributed by atoms with Gasteiger partial charge in [-0.2, -0.15) is 9.97 Å². The van der Waals surface area contributed by atoms with Crippen LogP contribution in [0.3, 0.4) is 0 Å². The van der Waals surface area contributed by atoms with Crippen LogP contribution in [0.2, 0.25) is 0 Å². The van der Waals surface area contributed by atoms with E-state index in [1.54, 1.807) is 18.2 Å². The van der Waals surface area contributed by atoms with E-state index in [-0.39, 0.29) is 11.7 Å². The van der Waals surface area contributed by atoms with Crippen molar-refractivity contribution in [2.45, 2.75) is 19.8 Å². The first-order valence-electron chi connectivity index (χ1n) is 5.95. The van der Waals surface area contributed by atoms with Gasteiger partial charge in [0.1, 0.15) is 17.4 Å². The normalized spacial score (nSPS) is 10.6. The molecule has 0 spiro atoms. The molecule has 0 unspecified atom stereocenters. The van der Waals surface area contributed by atoms with Crippen molar-refractivity contribution in [2.75, 3.05) is 7.11 Å². The molecule has 0 radical (unpaired) electrons. The summed E-state index contributed by atoms with van der Waals surface area (Å²) >= 11 is 0. The second-order valence-electron chi connectivity index (χ2n) is 4.32. The van der Waals surface area contributed by atoms with E-state index in [0.29, 0.717) is 23.3 Å². The Hall–Kier alpha value is -2.17. The highest BCUT2D eigenvalue weighted by atomic mass is 19.1. The van der Waals surface area contributed by atoms with Gasteiger partial charge in [0.05, 0.1) is 13.2 Å². The lowest BCUT2D eigenvalue weighted by Gasteiger charge is -2.10. The molecule has 5 heteroatoms. The molecule has 2 aromatic rings. The standard InChI is InChI=1S/C14H15FN2O2/c1-9(2)14-16-12(18-3)8-13(17-14)19-11-6-4-5-10(15)7-11/h4-9H,1-3H3. The van der Waals surface area contributed by atoms with Gasteiger partial charge in [-0.25, -0.2) is 4.39 Å². The van der Waals surface area contributed by atoms with E-state index < -0.39 is 0 Å². The summed E-state index contributed by atoms with van der Waals surface area (Å²) in [4.78, 5) is 8.49. The average molecular weight is 262 g/mol. The molecule has 1 heterocycles. The molecule has 0 fully saturated rings. The Bertz CT molecular complexity index is 573. The summed E-state index contributed by atoms with van der Waals surface area (Å²) in [6.45, 7) is 3.95. The fourth-order valence-electron chi connectivity index (χ4n) is 1.49. The number of methoxy groups -OCH3 is 1. The van der Waals surface area contributed by atoms with Gasteiger partial charge in [-0.1, -0.05) is 19.9 Å². The first kappa shape index (κ1) is 13.3. The van der Waals surface area contributed by atoms with E-state index in [2.05, 4.69) is 9.97 Å². The zero-order valence-corrected chi connectivity index (χ0v) is 11.1. The van der Waals surface area contributed by atoms with Crippen LogP contribution >= 0.6 is 0 Å². The van der Waals surface area contributed by atoms with Gasteiger partial charge in [0.2, 0.25) is 11.8 Å². The Morgan fingerprint density at radius 2 is 1.84 bits per heavy atom. The Labute approximate surface area is 111 Å². The fraction of sp³-hybridized carbons (Fsp3) is 0.286. The maximum absolute atomic E-state index is 13.1. The van der Waals surface area contributed by atoms with Crippen molar-refractivity contribution in [3.63, 3.8) is 0 Å². The monoisotopic (exact) mass is 262 g/mol. The van der Waals surface area contributed by atoms with Gasteiger partial charge in [-0.3, -0.25) is 0 Å². The van der Waals surface area contributed by atoms with Crippen LogP contribution in [0.1, 0.15) is 25.6 Å². The van der Waals surface area contributed by atoms with E-state index in [1.165, 1.54) is 19.2 Å². The van der Waals surface area contributed by atoms with Crippen molar-refractivity contribution in [1.82, 2.24) is 9.97 Å². The summed E-state index contributed by atoms with van der Waals surface area (Å²) in [6, 6.07) is 7.45. The van der Waals surface area contributed by atoms with E-state index in [9.17, 15) is 4.39 Å². The molecule has 1 aromatic carbocycles. The molecule has 0 atom stereocenters. The van der Waals surface area contributed by atoms with Gasteiger partial charge < -0.3 is 9.47 Å². The van der Waals surface area contributed by atoms with Crippen LogP contribution in [0.4, 0.5) is 4.39 Å². The van der Waals surface area contributed by atoms with Crippen molar-refractivity contribution in [1.29, 1.82) is 0 Å². The van der Waals surface area contributed by atoms with Gasteiger partial charge in [-0.15, -0.1) is 0 Å². The number of rotatable bonds is 4. The highest BCUT2D eigenvalue weighted by molar-refractivity contribution is 5.30. The van der Waals surface area contributed by atoms with Gasteiger partial charge in [0.15, 0.2) is 0 Å². The summed E-state index contributed by atoms with van der Waals surface area (Å²) < 4.78 is 23.7. The van der Waals surface area contributed by atoms with Gasteiger partial charge >= 0.3 is 0 Å². The number of ether oxygens (including phenoxy) is 2. The van der Waals surface area contributed by atoms with Crippen LogP contribution in [0.25, 0.3) is 0 Å². The molecule has 0 amide bonds. The number of hydrogen-bond acceptors (Lipinski definition) is 4. The third-order valence-electron chi connectivity index (χ3n) is 2.44. The van der Waals surface area contributed by atoms with Gasteiger partial charge in [0.25, 0.3) is 0 Å². The third-order valence-corrected chi connectivity index (χ3v) is 2.44. The first-order valence-corrected chi connectivity index (χ1v) is 5.95. The van der Waals surface area contributed by atoms with E-state index in [4.69, 9.17) is 9.47 Å². The van der Waals surface area contributed by atoms with Crippen LogP contribution < -0.4 is 9.47 Å². The molecule has 0 saturated heterocycles. The Morgan fingerprint density at radius 1 is 1.11 bits per heavy atom. The second kappa shape index (κ2) is 5.65. The van der Waals surface area contributed by atoms with E-state index >= 15 is 0 Å². The Morgan fingerprint density at radius 3 is 2.47 bits per heavy atom. The molecule has 0 saturated carbocycles. The molecular formula is C14H15FN2O2. The summed E-state index contributed by atoms with van der Waals surface area (Å²) in [5.41, 5.74) is 0. The van der Waals surface area contributed by atoms with Crippen molar-refractivity contribution in [2.24, 2.45) is 0 Å². The van der Waals surface area contributed by atoms with E-state index in [1.807, 2.05) is 13.8 Å². The lowest BCUT2D eigenvalue weighted by atomic mass is 10.2.